The molecule has 0 atom stereocenters. The Morgan fingerprint density at radius 1 is 1.36 bits per heavy atom. The van der Waals surface area contributed by atoms with Crippen molar-refractivity contribution >= 4 is 34.5 Å². The van der Waals surface area contributed by atoms with Crippen LogP contribution in [0.5, 0.6) is 0 Å². The highest BCUT2D eigenvalue weighted by atomic mass is 127. The molecule has 1 N–H and O–H groups in total. The third kappa shape index (κ3) is 2.83. The number of carbonyl (C=O) groups is 2. The van der Waals surface area contributed by atoms with Crippen LogP contribution in [0.4, 0.5) is 0 Å². The van der Waals surface area contributed by atoms with Crippen molar-refractivity contribution < 1.29 is 19.4 Å². The standard InChI is InChI=1S/C9H15IO4/c1-3-9(4-2,7(11)12)8(13)14-6-5-10/h3-6H2,1-2H3,(H,11,12). The summed E-state index contributed by atoms with van der Waals surface area (Å²) in [4.78, 5) is 22.5. The molecule has 0 saturated heterocycles. The lowest BCUT2D eigenvalue weighted by Crippen LogP contribution is -2.39. The first kappa shape index (κ1) is 13.7. The maximum Gasteiger partial charge on any atom is 0.323 e. The maximum atomic E-state index is 11.5. The molecule has 0 saturated carbocycles. The highest BCUT2D eigenvalue weighted by Crippen LogP contribution is 2.28. The van der Waals surface area contributed by atoms with E-state index < -0.39 is 17.4 Å². The van der Waals surface area contributed by atoms with E-state index in [0.29, 0.717) is 4.43 Å². The third-order valence-corrected chi connectivity index (χ3v) is 2.76. The molecular weight excluding hydrogens is 299 g/mol. The van der Waals surface area contributed by atoms with Crippen molar-refractivity contribution in [2.24, 2.45) is 5.41 Å². The van der Waals surface area contributed by atoms with E-state index in [0.717, 1.165) is 0 Å². The second-order valence-electron chi connectivity index (χ2n) is 2.92. The van der Waals surface area contributed by atoms with Crippen molar-refractivity contribution in [3.8, 4) is 0 Å². The number of hydrogen-bond donors (Lipinski definition) is 1. The molecule has 0 aliphatic carbocycles. The molecule has 0 aromatic rings. The van der Waals surface area contributed by atoms with Gasteiger partial charge < -0.3 is 9.84 Å². The summed E-state index contributed by atoms with van der Waals surface area (Å²) in [5, 5.41) is 8.99. The van der Waals surface area contributed by atoms with Crippen LogP contribution in [0.1, 0.15) is 26.7 Å². The van der Waals surface area contributed by atoms with Gasteiger partial charge in [0.1, 0.15) is 6.61 Å². The van der Waals surface area contributed by atoms with Gasteiger partial charge in [0.15, 0.2) is 5.41 Å². The highest BCUT2D eigenvalue weighted by molar-refractivity contribution is 14.1. The fourth-order valence-corrected chi connectivity index (χ4v) is 1.42. The Morgan fingerprint density at radius 3 is 2.14 bits per heavy atom. The van der Waals surface area contributed by atoms with Crippen LogP contribution in [-0.2, 0) is 14.3 Å². The molecule has 4 nitrogen and oxygen atoms in total. The second kappa shape index (κ2) is 6.21. The van der Waals surface area contributed by atoms with Gasteiger partial charge in [-0.2, -0.15) is 0 Å². The van der Waals surface area contributed by atoms with E-state index in [4.69, 9.17) is 9.84 Å². The number of rotatable bonds is 6. The van der Waals surface area contributed by atoms with Gasteiger partial charge in [0, 0.05) is 4.43 Å². The van der Waals surface area contributed by atoms with E-state index in [1.165, 1.54) is 0 Å². The lowest BCUT2D eigenvalue weighted by molar-refractivity contribution is -0.169. The Balaban J connectivity index is 4.63. The predicted octanol–water partition coefficient (Wildman–Crippen LogP) is 1.86. The van der Waals surface area contributed by atoms with E-state index in [-0.39, 0.29) is 19.4 Å². The van der Waals surface area contributed by atoms with Crippen molar-refractivity contribution in [3.63, 3.8) is 0 Å². The van der Waals surface area contributed by atoms with E-state index in [1.54, 1.807) is 13.8 Å². The molecule has 0 aliphatic heterocycles. The Labute approximate surface area is 97.2 Å². The van der Waals surface area contributed by atoms with Crippen LogP contribution >= 0.6 is 22.6 Å². The van der Waals surface area contributed by atoms with Crippen molar-refractivity contribution in [1.82, 2.24) is 0 Å². The average molecular weight is 314 g/mol. The van der Waals surface area contributed by atoms with Gasteiger partial charge in [0.25, 0.3) is 0 Å². The maximum absolute atomic E-state index is 11.5. The molecule has 0 amide bonds. The zero-order valence-corrected chi connectivity index (χ0v) is 10.5. The fraction of sp³-hybridized carbons (Fsp3) is 0.778. The lowest BCUT2D eigenvalue weighted by atomic mass is 9.82. The van der Waals surface area contributed by atoms with Crippen LogP contribution in [-0.4, -0.2) is 28.1 Å². The number of ether oxygens (including phenoxy) is 1. The number of halogens is 1. The quantitative estimate of drug-likeness (QED) is 0.352. The van der Waals surface area contributed by atoms with Crippen molar-refractivity contribution in [1.29, 1.82) is 0 Å². The van der Waals surface area contributed by atoms with Crippen LogP contribution in [0, 0.1) is 5.41 Å². The number of carbonyl (C=O) groups excluding carboxylic acids is 1. The Bertz CT molecular complexity index is 211. The Hall–Kier alpha value is -0.330. The Morgan fingerprint density at radius 2 is 1.86 bits per heavy atom. The molecule has 5 heteroatoms. The summed E-state index contributed by atoms with van der Waals surface area (Å²) in [5.41, 5.74) is -1.36. The number of aliphatic carboxylic acids is 1. The van der Waals surface area contributed by atoms with Gasteiger partial charge in [0.05, 0.1) is 0 Å². The first-order chi connectivity index (χ1) is 6.55. The van der Waals surface area contributed by atoms with E-state index in [9.17, 15) is 9.59 Å². The minimum Gasteiger partial charge on any atom is -0.480 e. The van der Waals surface area contributed by atoms with Crippen molar-refractivity contribution in [2.45, 2.75) is 26.7 Å². The summed E-state index contributed by atoms with van der Waals surface area (Å²) in [7, 11) is 0. The third-order valence-electron chi connectivity index (χ3n) is 2.32. The zero-order chi connectivity index (χ0) is 11.2. The molecule has 0 aromatic heterocycles. The first-order valence-electron chi connectivity index (χ1n) is 4.51. The van der Waals surface area contributed by atoms with Gasteiger partial charge in [-0.3, -0.25) is 9.59 Å². The number of hydrogen-bond acceptors (Lipinski definition) is 3. The number of carboxylic acid groups (broad SMARTS) is 1. The van der Waals surface area contributed by atoms with E-state index in [1.807, 2.05) is 0 Å². The van der Waals surface area contributed by atoms with Crippen molar-refractivity contribution in [3.05, 3.63) is 0 Å². The van der Waals surface area contributed by atoms with E-state index in [2.05, 4.69) is 22.6 Å². The molecule has 0 aliphatic rings. The summed E-state index contributed by atoms with van der Waals surface area (Å²) in [6, 6.07) is 0. The van der Waals surface area contributed by atoms with Gasteiger partial charge in [-0.05, 0) is 12.8 Å². The minimum absolute atomic E-state index is 0.263. The van der Waals surface area contributed by atoms with E-state index >= 15 is 0 Å². The predicted molar refractivity (Wildman–Crippen MR) is 60.5 cm³/mol. The topological polar surface area (TPSA) is 63.6 Å². The summed E-state index contributed by atoms with van der Waals surface area (Å²) in [5.74, 6) is -1.72. The molecule has 0 unspecified atom stereocenters. The van der Waals surface area contributed by atoms with Crippen LogP contribution in [0.15, 0.2) is 0 Å². The molecule has 0 spiro atoms. The highest BCUT2D eigenvalue weighted by Gasteiger charge is 2.44. The molecule has 0 rings (SSSR count). The smallest absolute Gasteiger partial charge is 0.323 e. The summed E-state index contributed by atoms with van der Waals surface area (Å²) < 4.78 is 5.55. The molecule has 0 bridgehead atoms. The average Bonchev–Trinajstić information content (AvgIpc) is 2.17. The molecule has 0 radical (unpaired) electrons. The number of esters is 1. The monoisotopic (exact) mass is 314 g/mol. The molecule has 0 fully saturated rings. The van der Waals surface area contributed by atoms with Gasteiger partial charge in [0.2, 0.25) is 0 Å². The summed E-state index contributed by atoms with van der Waals surface area (Å²) in [6.07, 6.45) is 0.526. The molecule has 82 valence electrons. The number of alkyl halides is 1. The van der Waals surface area contributed by atoms with Crippen LogP contribution in [0.3, 0.4) is 0 Å². The number of carboxylic acids is 1. The van der Waals surface area contributed by atoms with Crippen molar-refractivity contribution in [2.75, 3.05) is 11.0 Å². The summed E-state index contributed by atoms with van der Waals surface area (Å²) in [6.45, 7) is 3.64. The lowest BCUT2D eigenvalue weighted by Gasteiger charge is -2.23. The van der Waals surface area contributed by atoms with Gasteiger partial charge in [-0.15, -0.1) is 0 Å². The van der Waals surface area contributed by atoms with Gasteiger partial charge in [-0.25, -0.2) is 0 Å². The summed E-state index contributed by atoms with van der Waals surface area (Å²) >= 11 is 2.07. The molecular formula is C9H15IO4. The first-order valence-corrected chi connectivity index (χ1v) is 6.04. The molecule has 0 heterocycles. The largest absolute Gasteiger partial charge is 0.480 e. The van der Waals surface area contributed by atoms with Crippen LogP contribution in [0.2, 0.25) is 0 Å². The molecule has 14 heavy (non-hydrogen) atoms. The van der Waals surface area contributed by atoms with Gasteiger partial charge >= 0.3 is 11.9 Å². The van der Waals surface area contributed by atoms with Gasteiger partial charge in [-0.1, -0.05) is 36.4 Å². The zero-order valence-electron chi connectivity index (χ0n) is 8.38. The SMILES string of the molecule is CCC(CC)(C(=O)O)C(=O)OCCI. The molecule has 0 aromatic carbocycles. The minimum atomic E-state index is -1.36. The van der Waals surface area contributed by atoms with Crippen LogP contribution in [0.25, 0.3) is 0 Å². The normalized spacial score (nSPS) is 11.1. The fourth-order valence-electron chi connectivity index (χ4n) is 1.20. The van der Waals surface area contributed by atoms with Crippen LogP contribution < -0.4 is 0 Å². The Kier molecular flexibility index (Phi) is 6.06. The second-order valence-corrected chi connectivity index (χ2v) is 4.00.